The summed E-state index contributed by atoms with van der Waals surface area (Å²) >= 11 is 1.88. The molecule has 0 unspecified atom stereocenters. The minimum Gasteiger partial charge on any atom is -0.456 e. The van der Waals surface area contributed by atoms with Crippen LogP contribution in [0.3, 0.4) is 0 Å². The smallest absolute Gasteiger partial charge is 0.160 e. The number of nitrogens with zero attached hydrogens (tertiary/aromatic N) is 2. The molecule has 0 N–H and O–H groups in total. The molecule has 0 amide bonds. The summed E-state index contributed by atoms with van der Waals surface area (Å²) in [4.78, 5) is 13.0. The Morgan fingerprint density at radius 2 is 0.982 bits per heavy atom. The molecule has 3 nitrogen and oxygen atoms in total. The van der Waals surface area contributed by atoms with E-state index < -0.39 is 5.41 Å². The molecule has 0 saturated heterocycles. The predicted molar refractivity (Wildman–Crippen MR) is 232 cm³/mol. The Balaban J connectivity index is 1.04. The van der Waals surface area contributed by atoms with Crippen LogP contribution in [0.15, 0.2) is 208 Å². The summed E-state index contributed by atoms with van der Waals surface area (Å²) in [6.07, 6.45) is 0. The molecule has 1 spiro atoms. The minimum atomic E-state index is -0.430. The topological polar surface area (TPSA) is 38.9 Å². The molecule has 3 heterocycles. The number of benzene rings is 8. The van der Waals surface area contributed by atoms with Gasteiger partial charge in [-0.3, -0.25) is 0 Å². The number of hydrogen-bond acceptors (Lipinski definition) is 4. The lowest BCUT2D eigenvalue weighted by Gasteiger charge is -2.40. The lowest BCUT2D eigenvalue weighted by molar-refractivity contribution is 0.669. The number of para-hydroxylation sites is 1. The average Bonchev–Trinajstić information content (AvgIpc) is 3.80. The maximum absolute atomic E-state index is 6.30. The number of furan rings is 1. The zero-order valence-electron chi connectivity index (χ0n) is 30.7. The Labute approximate surface area is 334 Å². The first-order chi connectivity index (χ1) is 28.2. The first kappa shape index (κ1) is 32.3. The van der Waals surface area contributed by atoms with Crippen LogP contribution >= 0.6 is 11.8 Å². The molecule has 4 heteroatoms. The molecule has 0 saturated carbocycles. The Kier molecular flexibility index (Phi) is 7.08. The number of fused-ring (bicyclic) bond motifs is 12. The van der Waals surface area contributed by atoms with E-state index in [9.17, 15) is 0 Å². The summed E-state index contributed by atoms with van der Waals surface area (Å²) in [6.45, 7) is 0. The normalized spacial score (nSPS) is 13.3. The fraction of sp³-hybridized carbons (Fsp3) is 0.0189. The van der Waals surface area contributed by atoms with Crippen molar-refractivity contribution < 1.29 is 4.42 Å². The van der Waals surface area contributed by atoms with Gasteiger partial charge in [0.25, 0.3) is 0 Å². The lowest BCUT2D eigenvalue weighted by Crippen LogP contribution is -2.32. The summed E-state index contributed by atoms with van der Waals surface area (Å²) in [5, 5.41) is 2.21. The second-order valence-corrected chi connectivity index (χ2v) is 15.9. The summed E-state index contributed by atoms with van der Waals surface area (Å²) in [5.74, 6) is 0.677. The van der Waals surface area contributed by atoms with Crippen molar-refractivity contribution in [2.24, 2.45) is 0 Å². The van der Waals surface area contributed by atoms with E-state index >= 15 is 0 Å². The molecule has 1 aliphatic heterocycles. The molecule has 0 bridgehead atoms. The molecule has 0 atom stereocenters. The molecular formula is C53H32N2OS. The zero-order valence-corrected chi connectivity index (χ0v) is 31.5. The Morgan fingerprint density at radius 3 is 1.81 bits per heavy atom. The molecule has 0 fully saturated rings. The predicted octanol–water partition coefficient (Wildman–Crippen LogP) is 13.9. The van der Waals surface area contributed by atoms with Gasteiger partial charge in [0.2, 0.25) is 0 Å². The molecule has 2 aromatic heterocycles. The van der Waals surface area contributed by atoms with Crippen LogP contribution in [0.4, 0.5) is 0 Å². The molecule has 10 aromatic rings. The molecule has 2 aliphatic rings. The summed E-state index contributed by atoms with van der Waals surface area (Å²) in [7, 11) is 0. The number of rotatable bonds is 4. The van der Waals surface area contributed by atoms with Gasteiger partial charge in [0.15, 0.2) is 5.82 Å². The van der Waals surface area contributed by atoms with Gasteiger partial charge in [-0.15, -0.1) is 0 Å². The SMILES string of the molecule is c1ccc(-c2cc(-c3ccc4c(c3)oc3ccccc34)nc(-c3cccc(-c4cccc5c4Sc4ccccc4C54c5ccccc5-c5ccccc54)c3)n2)cc1. The van der Waals surface area contributed by atoms with Gasteiger partial charge in [0, 0.05) is 37.3 Å². The Morgan fingerprint density at radius 1 is 0.386 bits per heavy atom. The van der Waals surface area contributed by atoms with E-state index in [-0.39, 0.29) is 0 Å². The van der Waals surface area contributed by atoms with Gasteiger partial charge in [-0.05, 0) is 80.9 Å². The van der Waals surface area contributed by atoms with E-state index in [1.807, 2.05) is 30.0 Å². The molecule has 12 rings (SSSR count). The van der Waals surface area contributed by atoms with Crippen molar-refractivity contribution >= 4 is 33.7 Å². The highest BCUT2D eigenvalue weighted by atomic mass is 32.2. The highest BCUT2D eigenvalue weighted by Gasteiger charge is 2.50. The maximum atomic E-state index is 6.30. The monoisotopic (exact) mass is 744 g/mol. The fourth-order valence-electron chi connectivity index (χ4n) is 9.30. The van der Waals surface area contributed by atoms with E-state index in [0.717, 1.165) is 55.6 Å². The van der Waals surface area contributed by atoms with Gasteiger partial charge < -0.3 is 4.42 Å². The highest BCUT2D eigenvalue weighted by Crippen LogP contribution is 2.63. The molecule has 0 radical (unpaired) electrons. The van der Waals surface area contributed by atoms with Gasteiger partial charge in [0.1, 0.15) is 11.2 Å². The molecule has 57 heavy (non-hydrogen) atoms. The highest BCUT2D eigenvalue weighted by molar-refractivity contribution is 7.99. The van der Waals surface area contributed by atoms with E-state index in [4.69, 9.17) is 14.4 Å². The van der Waals surface area contributed by atoms with E-state index in [0.29, 0.717) is 5.82 Å². The van der Waals surface area contributed by atoms with Crippen molar-refractivity contribution in [3.63, 3.8) is 0 Å². The third kappa shape index (κ3) is 4.81. The van der Waals surface area contributed by atoms with Gasteiger partial charge in [-0.1, -0.05) is 169 Å². The Bertz CT molecular complexity index is 3190. The van der Waals surface area contributed by atoms with Crippen molar-refractivity contribution in [3.8, 4) is 56.2 Å². The third-order valence-electron chi connectivity index (χ3n) is 11.8. The summed E-state index contributed by atoms with van der Waals surface area (Å²) in [6, 6.07) is 69.6. The standard InChI is InChI=1S/C53H32N2OS/c1-2-14-33(15-3-1)46-32-47(35-28-29-41-40-20-6-10-26-48(40)56-49(41)31-35)55-52(54-46)36-17-12-16-34(30-36)37-21-13-25-45-51(37)57-50-27-11-9-24-44(50)53(45)42-22-7-4-18-38(42)39-19-5-8-23-43(39)53/h1-32H. The van der Waals surface area contributed by atoms with E-state index in [2.05, 4.69) is 176 Å². The van der Waals surface area contributed by atoms with Crippen molar-refractivity contribution in [3.05, 3.63) is 216 Å². The Hall–Kier alpha value is -7.01. The van der Waals surface area contributed by atoms with Crippen LogP contribution < -0.4 is 0 Å². The van der Waals surface area contributed by atoms with Gasteiger partial charge >= 0.3 is 0 Å². The van der Waals surface area contributed by atoms with Crippen LogP contribution in [0.1, 0.15) is 22.3 Å². The number of hydrogen-bond donors (Lipinski definition) is 0. The van der Waals surface area contributed by atoms with Gasteiger partial charge in [-0.2, -0.15) is 0 Å². The van der Waals surface area contributed by atoms with Crippen molar-refractivity contribution in [2.75, 3.05) is 0 Å². The molecule has 1 aliphatic carbocycles. The summed E-state index contributed by atoms with van der Waals surface area (Å²) in [5.41, 5.74) is 16.3. The van der Waals surface area contributed by atoms with Crippen molar-refractivity contribution in [1.82, 2.24) is 9.97 Å². The first-order valence-electron chi connectivity index (χ1n) is 19.3. The van der Waals surface area contributed by atoms with E-state index in [1.165, 1.54) is 48.7 Å². The van der Waals surface area contributed by atoms with Crippen LogP contribution in [-0.4, -0.2) is 9.97 Å². The average molecular weight is 745 g/mol. The third-order valence-corrected chi connectivity index (χ3v) is 13.0. The zero-order chi connectivity index (χ0) is 37.5. The number of aromatic nitrogens is 2. The van der Waals surface area contributed by atoms with Crippen molar-refractivity contribution in [1.29, 1.82) is 0 Å². The van der Waals surface area contributed by atoms with Crippen LogP contribution in [0, 0.1) is 0 Å². The second kappa shape index (κ2) is 12.5. The van der Waals surface area contributed by atoms with Crippen LogP contribution in [0.5, 0.6) is 0 Å². The largest absolute Gasteiger partial charge is 0.456 e. The minimum absolute atomic E-state index is 0.430. The van der Waals surface area contributed by atoms with Crippen LogP contribution in [-0.2, 0) is 5.41 Å². The molecule has 266 valence electrons. The van der Waals surface area contributed by atoms with E-state index in [1.54, 1.807) is 0 Å². The van der Waals surface area contributed by atoms with Gasteiger partial charge in [-0.25, -0.2) is 9.97 Å². The second-order valence-electron chi connectivity index (χ2n) is 14.8. The molecule has 8 aromatic carbocycles. The van der Waals surface area contributed by atoms with Crippen LogP contribution in [0.2, 0.25) is 0 Å². The van der Waals surface area contributed by atoms with Gasteiger partial charge in [0.05, 0.1) is 16.8 Å². The van der Waals surface area contributed by atoms with Crippen LogP contribution in [0.25, 0.3) is 78.1 Å². The maximum Gasteiger partial charge on any atom is 0.160 e. The summed E-state index contributed by atoms with van der Waals surface area (Å²) < 4.78 is 6.30. The lowest BCUT2D eigenvalue weighted by atomic mass is 9.67. The first-order valence-corrected chi connectivity index (χ1v) is 20.1. The van der Waals surface area contributed by atoms with Crippen molar-refractivity contribution in [2.45, 2.75) is 15.2 Å². The molecular weight excluding hydrogens is 713 g/mol. The quantitative estimate of drug-likeness (QED) is 0.180. The fourth-order valence-corrected chi connectivity index (χ4v) is 10.6.